The predicted octanol–water partition coefficient (Wildman–Crippen LogP) is 2.66. The highest BCUT2D eigenvalue weighted by molar-refractivity contribution is 6.34. The molecule has 4 nitrogen and oxygen atoms in total. The van der Waals surface area contributed by atoms with E-state index in [1.165, 1.54) is 0 Å². The number of pyridine rings is 1. The van der Waals surface area contributed by atoms with Gasteiger partial charge in [-0.2, -0.15) is 0 Å². The molecule has 3 rings (SSSR count). The Morgan fingerprint density at radius 3 is 3.00 bits per heavy atom. The van der Waals surface area contributed by atoms with Crippen molar-refractivity contribution in [3.05, 3.63) is 35.5 Å². The maximum Gasteiger partial charge on any atom is 0.139 e. The van der Waals surface area contributed by atoms with Crippen LogP contribution in [0.15, 0.2) is 30.3 Å². The smallest absolute Gasteiger partial charge is 0.139 e. The molecule has 0 N–H and O–H groups in total. The predicted molar refractivity (Wildman–Crippen MR) is 87.3 cm³/mol. The fourth-order valence-corrected chi connectivity index (χ4v) is 3.01. The van der Waals surface area contributed by atoms with Crippen molar-refractivity contribution in [1.29, 1.82) is 0 Å². The maximum absolute atomic E-state index is 6.32. The van der Waals surface area contributed by atoms with Crippen LogP contribution in [0.1, 0.15) is 0 Å². The first kappa shape index (κ1) is 14.6. The molecule has 112 valence electrons. The number of anilines is 1. The van der Waals surface area contributed by atoms with Gasteiger partial charge in [0, 0.05) is 25.0 Å². The van der Waals surface area contributed by atoms with Gasteiger partial charge < -0.3 is 14.5 Å². The number of fused-ring (bicyclic) bond motifs is 1. The standard InChI is InChI=1S/C16H20ClN3O/c1-19(2)10-13-11-20(7-8-21-13)15-9-12-5-3-4-6-14(12)16(17)18-15/h3-6,9,13H,7-8,10-11H2,1-2H3. The third-order valence-corrected chi connectivity index (χ3v) is 4.00. The zero-order valence-corrected chi connectivity index (χ0v) is 13.2. The number of hydrogen-bond donors (Lipinski definition) is 0. The molecule has 1 aromatic carbocycles. The van der Waals surface area contributed by atoms with Gasteiger partial charge in [-0.1, -0.05) is 35.9 Å². The van der Waals surface area contributed by atoms with E-state index in [4.69, 9.17) is 16.3 Å². The maximum atomic E-state index is 6.32. The highest BCUT2D eigenvalue weighted by Crippen LogP contribution is 2.27. The van der Waals surface area contributed by atoms with Crippen LogP contribution in [0.3, 0.4) is 0 Å². The first-order valence-electron chi connectivity index (χ1n) is 7.20. The van der Waals surface area contributed by atoms with Gasteiger partial charge in [-0.05, 0) is 25.5 Å². The van der Waals surface area contributed by atoms with Crippen molar-refractivity contribution < 1.29 is 4.74 Å². The van der Waals surface area contributed by atoms with Crippen LogP contribution in [0.25, 0.3) is 10.8 Å². The summed E-state index contributed by atoms with van der Waals surface area (Å²) in [6.45, 7) is 3.34. The summed E-state index contributed by atoms with van der Waals surface area (Å²) in [7, 11) is 4.13. The molecule has 21 heavy (non-hydrogen) atoms. The number of halogens is 1. The Morgan fingerprint density at radius 1 is 1.38 bits per heavy atom. The Balaban J connectivity index is 1.86. The molecule has 1 saturated heterocycles. The summed E-state index contributed by atoms with van der Waals surface area (Å²) in [6, 6.07) is 10.2. The molecule has 1 aromatic heterocycles. The van der Waals surface area contributed by atoms with E-state index in [0.717, 1.165) is 42.8 Å². The second-order valence-corrected chi connectivity index (χ2v) is 6.05. The number of nitrogens with zero attached hydrogens (tertiary/aromatic N) is 3. The zero-order valence-electron chi connectivity index (χ0n) is 12.4. The Kier molecular flexibility index (Phi) is 4.29. The minimum Gasteiger partial charge on any atom is -0.373 e. The summed E-state index contributed by atoms with van der Waals surface area (Å²) in [5.41, 5.74) is 0. The molecule has 5 heteroatoms. The molecule has 0 spiro atoms. The zero-order chi connectivity index (χ0) is 14.8. The van der Waals surface area contributed by atoms with Gasteiger partial charge in [0.05, 0.1) is 12.7 Å². The lowest BCUT2D eigenvalue weighted by Gasteiger charge is -2.35. The molecule has 1 atom stereocenters. The third kappa shape index (κ3) is 3.28. The van der Waals surface area contributed by atoms with Crippen molar-refractivity contribution in [2.45, 2.75) is 6.10 Å². The molecule has 0 saturated carbocycles. The molecular weight excluding hydrogens is 286 g/mol. The SMILES string of the molecule is CN(C)CC1CN(c2cc3ccccc3c(Cl)n2)CCO1. The van der Waals surface area contributed by atoms with Gasteiger partial charge in [-0.15, -0.1) is 0 Å². The van der Waals surface area contributed by atoms with E-state index in [1.807, 2.05) is 18.2 Å². The van der Waals surface area contributed by atoms with Crippen LogP contribution >= 0.6 is 11.6 Å². The van der Waals surface area contributed by atoms with E-state index in [2.05, 4.69) is 41.0 Å². The molecule has 1 aliphatic heterocycles. The molecule has 0 aliphatic carbocycles. The fourth-order valence-electron chi connectivity index (χ4n) is 2.75. The van der Waals surface area contributed by atoms with E-state index < -0.39 is 0 Å². The van der Waals surface area contributed by atoms with E-state index in [9.17, 15) is 0 Å². The third-order valence-electron chi connectivity index (χ3n) is 3.71. The fraction of sp³-hybridized carbons (Fsp3) is 0.438. The van der Waals surface area contributed by atoms with Gasteiger partial charge in [0.2, 0.25) is 0 Å². The molecule has 2 aromatic rings. The molecular formula is C16H20ClN3O. The van der Waals surface area contributed by atoms with Crippen molar-refractivity contribution in [2.24, 2.45) is 0 Å². The first-order valence-corrected chi connectivity index (χ1v) is 7.58. The number of aromatic nitrogens is 1. The van der Waals surface area contributed by atoms with Crippen LogP contribution < -0.4 is 4.90 Å². The lowest BCUT2D eigenvalue weighted by atomic mass is 10.1. The quantitative estimate of drug-likeness (QED) is 0.815. The topological polar surface area (TPSA) is 28.6 Å². The van der Waals surface area contributed by atoms with Crippen LogP contribution in [0.4, 0.5) is 5.82 Å². The summed E-state index contributed by atoms with van der Waals surface area (Å²) in [5.74, 6) is 0.936. The first-order chi connectivity index (χ1) is 10.1. The van der Waals surface area contributed by atoms with Crippen molar-refractivity contribution in [3.63, 3.8) is 0 Å². The van der Waals surface area contributed by atoms with Gasteiger partial charge in [0.1, 0.15) is 11.0 Å². The highest BCUT2D eigenvalue weighted by Gasteiger charge is 2.22. The minimum absolute atomic E-state index is 0.209. The molecule has 0 bridgehead atoms. The lowest BCUT2D eigenvalue weighted by Crippen LogP contribution is -2.46. The van der Waals surface area contributed by atoms with Gasteiger partial charge in [-0.25, -0.2) is 4.98 Å². The van der Waals surface area contributed by atoms with Crippen LogP contribution in [0.2, 0.25) is 5.15 Å². The Morgan fingerprint density at radius 2 is 2.19 bits per heavy atom. The van der Waals surface area contributed by atoms with Gasteiger partial charge in [0.15, 0.2) is 0 Å². The number of rotatable bonds is 3. The van der Waals surface area contributed by atoms with Crippen molar-refractivity contribution >= 4 is 28.2 Å². The monoisotopic (exact) mass is 305 g/mol. The number of hydrogen-bond acceptors (Lipinski definition) is 4. The average Bonchev–Trinajstić information content (AvgIpc) is 2.47. The Hall–Kier alpha value is -1.36. The van der Waals surface area contributed by atoms with Gasteiger partial charge >= 0.3 is 0 Å². The average molecular weight is 306 g/mol. The summed E-state index contributed by atoms with van der Waals surface area (Å²) >= 11 is 6.32. The molecule has 2 heterocycles. The lowest BCUT2D eigenvalue weighted by molar-refractivity contribution is 0.0245. The number of likely N-dealkylation sites (N-methyl/N-ethyl adjacent to an activating group) is 1. The van der Waals surface area contributed by atoms with E-state index >= 15 is 0 Å². The van der Waals surface area contributed by atoms with E-state index in [-0.39, 0.29) is 6.10 Å². The van der Waals surface area contributed by atoms with Crippen LogP contribution in [0.5, 0.6) is 0 Å². The van der Waals surface area contributed by atoms with Gasteiger partial charge in [0.25, 0.3) is 0 Å². The molecule has 1 fully saturated rings. The second-order valence-electron chi connectivity index (χ2n) is 5.69. The molecule has 1 aliphatic rings. The summed E-state index contributed by atoms with van der Waals surface area (Å²) in [4.78, 5) is 8.97. The van der Waals surface area contributed by atoms with E-state index in [0.29, 0.717) is 5.15 Å². The Bertz CT molecular complexity index is 632. The van der Waals surface area contributed by atoms with Crippen LogP contribution in [0, 0.1) is 0 Å². The summed E-state index contributed by atoms with van der Waals surface area (Å²) < 4.78 is 5.81. The highest BCUT2D eigenvalue weighted by atomic mass is 35.5. The molecule has 1 unspecified atom stereocenters. The normalized spacial score (nSPS) is 19.4. The van der Waals surface area contributed by atoms with E-state index in [1.54, 1.807) is 0 Å². The molecule has 0 amide bonds. The molecule has 0 radical (unpaired) electrons. The number of morpholine rings is 1. The summed E-state index contributed by atoms with van der Waals surface area (Å²) in [6.07, 6.45) is 0.209. The van der Waals surface area contributed by atoms with Crippen LogP contribution in [-0.2, 0) is 4.74 Å². The second kappa shape index (κ2) is 6.18. The number of benzene rings is 1. The minimum atomic E-state index is 0.209. The van der Waals surface area contributed by atoms with Crippen molar-refractivity contribution in [2.75, 3.05) is 45.2 Å². The largest absolute Gasteiger partial charge is 0.373 e. The van der Waals surface area contributed by atoms with Crippen LogP contribution in [-0.4, -0.2) is 56.3 Å². The summed E-state index contributed by atoms with van der Waals surface area (Å²) in [5, 5.41) is 2.70. The number of ether oxygens (including phenoxy) is 1. The van der Waals surface area contributed by atoms with Gasteiger partial charge in [-0.3, -0.25) is 0 Å². The Labute approximate surface area is 130 Å². The van der Waals surface area contributed by atoms with Crippen molar-refractivity contribution in [1.82, 2.24) is 9.88 Å². The van der Waals surface area contributed by atoms with Crippen molar-refractivity contribution in [3.8, 4) is 0 Å².